The van der Waals surface area contributed by atoms with Crippen LogP contribution in [0.2, 0.25) is 0 Å². The Morgan fingerprint density at radius 3 is 2.51 bits per heavy atom. The second-order valence-electron chi connectivity index (χ2n) is 9.79. The summed E-state index contributed by atoms with van der Waals surface area (Å²) < 4.78 is 42.5. The molecule has 9 heteroatoms. The molecule has 0 aliphatic carbocycles. The number of fused-ring (bicyclic) bond motifs is 1. The number of halogens is 2. The van der Waals surface area contributed by atoms with Crippen LogP contribution in [0.1, 0.15) is 28.1 Å². The molecule has 2 aromatic heterocycles. The van der Waals surface area contributed by atoms with Crippen LogP contribution in [0.3, 0.4) is 0 Å². The Morgan fingerprint density at radius 1 is 0.951 bits per heavy atom. The Labute approximate surface area is 236 Å². The van der Waals surface area contributed by atoms with Gasteiger partial charge in [0.2, 0.25) is 5.88 Å². The maximum absolute atomic E-state index is 15.4. The van der Waals surface area contributed by atoms with Gasteiger partial charge in [-0.05, 0) is 53.9 Å². The number of hydrogen-bond acceptors (Lipinski definition) is 5. The predicted molar refractivity (Wildman–Crippen MR) is 151 cm³/mol. The number of carbonyl (C=O) groups is 1. The first-order valence-electron chi connectivity index (χ1n) is 13.1. The maximum Gasteiger partial charge on any atom is 0.307 e. The van der Waals surface area contributed by atoms with Gasteiger partial charge in [0.15, 0.2) is 0 Å². The molecule has 0 saturated heterocycles. The third-order valence-corrected chi connectivity index (χ3v) is 6.77. The first-order chi connectivity index (χ1) is 19.8. The van der Waals surface area contributed by atoms with Crippen LogP contribution in [-0.2, 0) is 35.5 Å². The van der Waals surface area contributed by atoms with Crippen LogP contribution in [0.5, 0.6) is 5.88 Å². The van der Waals surface area contributed by atoms with Crippen LogP contribution >= 0.6 is 0 Å². The Morgan fingerprint density at radius 2 is 1.76 bits per heavy atom. The highest BCUT2D eigenvalue weighted by Crippen LogP contribution is 2.26. The average Bonchev–Trinajstić information content (AvgIpc) is 3.28. The minimum absolute atomic E-state index is 0.0255. The summed E-state index contributed by atoms with van der Waals surface area (Å²) in [6.45, 7) is 2.75. The summed E-state index contributed by atoms with van der Waals surface area (Å²) in [5.41, 5.74) is 4.94. The number of aliphatic carboxylic acids is 1. The summed E-state index contributed by atoms with van der Waals surface area (Å²) in [7, 11) is 1.60. The van der Waals surface area contributed by atoms with Gasteiger partial charge in [-0.2, -0.15) is 0 Å². The molecule has 0 atom stereocenters. The van der Waals surface area contributed by atoms with Crippen molar-refractivity contribution in [2.75, 3.05) is 13.7 Å². The first kappa shape index (κ1) is 27.9. The van der Waals surface area contributed by atoms with Gasteiger partial charge in [0, 0.05) is 37.3 Å². The van der Waals surface area contributed by atoms with Gasteiger partial charge in [0.25, 0.3) is 0 Å². The van der Waals surface area contributed by atoms with Gasteiger partial charge in [-0.25, -0.2) is 18.7 Å². The molecule has 0 spiro atoms. The molecule has 0 radical (unpaired) electrons. The summed E-state index contributed by atoms with van der Waals surface area (Å²) >= 11 is 0. The van der Waals surface area contributed by atoms with Crippen molar-refractivity contribution in [2.45, 2.75) is 32.9 Å². The van der Waals surface area contributed by atoms with Gasteiger partial charge in [-0.3, -0.25) is 4.79 Å². The quantitative estimate of drug-likeness (QED) is 0.210. The zero-order valence-electron chi connectivity index (χ0n) is 22.7. The lowest BCUT2D eigenvalue weighted by Crippen LogP contribution is -2.10. The molecule has 7 nitrogen and oxygen atoms in total. The minimum atomic E-state index is -0.915. The molecule has 0 bridgehead atoms. The van der Waals surface area contributed by atoms with E-state index >= 15 is 4.39 Å². The number of imidazole rings is 1. The molecule has 2 heterocycles. The van der Waals surface area contributed by atoms with Crippen molar-refractivity contribution in [2.24, 2.45) is 0 Å². The van der Waals surface area contributed by atoms with Crippen LogP contribution in [-0.4, -0.2) is 39.3 Å². The zero-order valence-corrected chi connectivity index (χ0v) is 22.7. The normalized spacial score (nSPS) is 11.2. The van der Waals surface area contributed by atoms with Gasteiger partial charge < -0.3 is 19.1 Å². The van der Waals surface area contributed by atoms with Gasteiger partial charge in [0.05, 0.1) is 29.8 Å². The highest BCUT2D eigenvalue weighted by atomic mass is 19.1. The van der Waals surface area contributed by atoms with Crippen LogP contribution in [0, 0.1) is 18.6 Å². The number of methoxy groups -OCH3 is 1. The summed E-state index contributed by atoms with van der Waals surface area (Å²) in [6.07, 6.45) is 0.136. The SMILES string of the molecule is COCCn1c(Cc2ccc(-c3cccc(OCc4ccc(C)cc4F)n3)cc2F)nc2ccc(CC(=O)O)cc21. The van der Waals surface area contributed by atoms with Crippen molar-refractivity contribution in [3.8, 4) is 17.1 Å². The Balaban J connectivity index is 1.37. The van der Waals surface area contributed by atoms with Crippen molar-refractivity contribution in [3.63, 3.8) is 0 Å². The molecule has 0 aliphatic rings. The van der Waals surface area contributed by atoms with Crippen molar-refractivity contribution in [3.05, 3.63) is 113 Å². The fourth-order valence-corrected chi connectivity index (χ4v) is 4.67. The molecule has 1 N–H and O–H groups in total. The van der Waals surface area contributed by atoms with Crippen LogP contribution in [0.25, 0.3) is 22.3 Å². The predicted octanol–water partition coefficient (Wildman–Crippen LogP) is 6.13. The van der Waals surface area contributed by atoms with E-state index in [0.29, 0.717) is 58.3 Å². The van der Waals surface area contributed by atoms with E-state index in [1.165, 1.54) is 12.1 Å². The molecule has 41 heavy (non-hydrogen) atoms. The number of pyridine rings is 1. The molecule has 3 aromatic carbocycles. The molecule has 0 unspecified atom stereocenters. The standard InChI is InChI=1S/C32H29F2N3O4/c1-20-6-8-24(25(33)14-20)19-41-31-5-3-4-27(36-31)23-10-9-22(26(34)17-23)18-30-35-28-11-7-21(16-32(38)39)15-29(28)37(30)12-13-40-2/h3-11,14-15,17H,12-13,16,18-19H2,1-2H3,(H,38,39). The van der Waals surface area contributed by atoms with E-state index in [9.17, 15) is 14.3 Å². The summed E-state index contributed by atoms with van der Waals surface area (Å²) in [5, 5.41) is 9.18. The fourth-order valence-electron chi connectivity index (χ4n) is 4.67. The van der Waals surface area contributed by atoms with E-state index in [-0.39, 0.29) is 25.3 Å². The topological polar surface area (TPSA) is 86.5 Å². The first-order valence-corrected chi connectivity index (χ1v) is 13.1. The molecule has 0 amide bonds. The van der Waals surface area contributed by atoms with E-state index < -0.39 is 11.8 Å². The van der Waals surface area contributed by atoms with Gasteiger partial charge in [-0.1, -0.05) is 36.4 Å². The third-order valence-electron chi connectivity index (χ3n) is 6.77. The van der Waals surface area contributed by atoms with Gasteiger partial charge in [-0.15, -0.1) is 0 Å². The molecule has 210 valence electrons. The van der Waals surface area contributed by atoms with Crippen LogP contribution < -0.4 is 4.74 Å². The molecular formula is C32H29F2N3O4. The van der Waals surface area contributed by atoms with E-state index in [4.69, 9.17) is 14.5 Å². The average molecular weight is 558 g/mol. The van der Waals surface area contributed by atoms with Crippen molar-refractivity contribution < 1.29 is 28.2 Å². The van der Waals surface area contributed by atoms with Gasteiger partial charge >= 0.3 is 5.97 Å². The van der Waals surface area contributed by atoms with E-state index in [1.807, 2.05) is 23.6 Å². The second-order valence-corrected chi connectivity index (χ2v) is 9.79. The second kappa shape index (κ2) is 12.3. The molecule has 0 aliphatic heterocycles. The molecule has 5 rings (SSSR count). The third kappa shape index (κ3) is 6.58. The number of hydrogen-bond donors (Lipinski definition) is 1. The zero-order chi connectivity index (χ0) is 28.9. The summed E-state index contributed by atoms with van der Waals surface area (Å²) in [5.74, 6) is -0.708. The van der Waals surface area contributed by atoms with E-state index in [0.717, 1.165) is 11.1 Å². The minimum Gasteiger partial charge on any atom is -0.481 e. The molecule has 0 fully saturated rings. The van der Waals surface area contributed by atoms with Crippen molar-refractivity contribution in [1.82, 2.24) is 14.5 Å². The number of aryl methyl sites for hydroxylation is 1. The fraction of sp³-hybridized carbons (Fsp3) is 0.219. The largest absolute Gasteiger partial charge is 0.481 e. The number of aromatic nitrogens is 3. The lowest BCUT2D eigenvalue weighted by molar-refractivity contribution is -0.136. The maximum atomic E-state index is 15.4. The summed E-state index contributed by atoms with van der Waals surface area (Å²) in [6, 6.07) is 20.4. The van der Waals surface area contributed by atoms with Gasteiger partial charge in [0.1, 0.15) is 24.1 Å². The lowest BCUT2D eigenvalue weighted by Gasteiger charge is -2.11. The number of carboxylic acid groups (broad SMARTS) is 1. The van der Waals surface area contributed by atoms with Crippen LogP contribution in [0.4, 0.5) is 8.78 Å². The van der Waals surface area contributed by atoms with Crippen molar-refractivity contribution >= 4 is 17.0 Å². The Bertz CT molecular complexity index is 1720. The Kier molecular flexibility index (Phi) is 8.35. The number of rotatable bonds is 11. The molecular weight excluding hydrogens is 528 g/mol. The molecule has 0 saturated carbocycles. The highest BCUT2D eigenvalue weighted by molar-refractivity contribution is 5.79. The van der Waals surface area contributed by atoms with Crippen molar-refractivity contribution in [1.29, 1.82) is 0 Å². The smallest absolute Gasteiger partial charge is 0.307 e. The van der Waals surface area contributed by atoms with Crippen LogP contribution in [0.15, 0.2) is 72.8 Å². The molecule has 5 aromatic rings. The Hall–Kier alpha value is -4.63. The number of carboxylic acids is 1. The number of ether oxygens (including phenoxy) is 2. The number of benzene rings is 3. The van der Waals surface area contributed by atoms with E-state index in [1.54, 1.807) is 55.6 Å². The van der Waals surface area contributed by atoms with E-state index in [2.05, 4.69) is 4.98 Å². The lowest BCUT2D eigenvalue weighted by atomic mass is 10.1. The number of nitrogens with zero attached hydrogens (tertiary/aromatic N) is 3. The summed E-state index contributed by atoms with van der Waals surface area (Å²) in [4.78, 5) is 20.4. The monoisotopic (exact) mass is 557 g/mol. The highest BCUT2D eigenvalue weighted by Gasteiger charge is 2.16.